The van der Waals surface area contributed by atoms with E-state index < -0.39 is 0 Å². The zero-order valence-corrected chi connectivity index (χ0v) is 8.29. The summed E-state index contributed by atoms with van der Waals surface area (Å²) in [5.74, 6) is 0.735. The van der Waals surface area contributed by atoms with Crippen LogP contribution in [0.1, 0.15) is 32.6 Å². The van der Waals surface area contributed by atoms with Crippen molar-refractivity contribution in [2.45, 2.75) is 38.6 Å². The Kier molecular flexibility index (Phi) is 4.02. The summed E-state index contributed by atoms with van der Waals surface area (Å²) in [6, 6.07) is 0.714. The standard InChI is InChI=1S/C10H21NO/c1-3-10-9(6-8-12)5-4-7-11(10)2/h9-10,12H,3-8H2,1-2H3. The molecule has 0 amide bonds. The predicted molar refractivity (Wildman–Crippen MR) is 51.1 cm³/mol. The van der Waals surface area contributed by atoms with Gasteiger partial charge >= 0.3 is 0 Å². The molecule has 0 radical (unpaired) electrons. The van der Waals surface area contributed by atoms with Gasteiger partial charge in [0.2, 0.25) is 0 Å². The number of hydrogen-bond donors (Lipinski definition) is 1. The maximum absolute atomic E-state index is 8.90. The number of piperidine rings is 1. The van der Waals surface area contributed by atoms with Crippen molar-refractivity contribution in [1.82, 2.24) is 4.90 Å². The highest BCUT2D eigenvalue weighted by atomic mass is 16.3. The summed E-state index contributed by atoms with van der Waals surface area (Å²) in [5, 5.41) is 8.90. The second-order valence-electron chi connectivity index (χ2n) is 3.87. The van der Waals surface area contributed by atoms with E-state index in [0.717, 1.165) is 12.3 Å². The van der Waals surface area contributed by atoms with Crippen LogP contribution < -0.4 is 0 Å². The van der Waals surface area contributed by atoms with Crippen LogP contribution in [0.5, 0.6) is 0 Å². The molecular weight excluding hydrogens is 150 g/mol. The second kappa shape index (κ2) is 4.83. The van der Waals surface area contributed by atoms with Gasteiger partial charge in [-0.3, -0.25) is 0 Å². The third-order valence-electron chi connectivity index (χ3n) is 3.11. The summed E-state index contributed by atoms with van der Waals surface area (Å²) in [6.45, 7) is 3.84. The molecule has 1 rings (SSSR count). The molecule has 0 saturated carbocycles. The summed E-state index contributed by atoms with van der Waals surface area (Å²) in [7, 11) is 2.21. The van der Waals surface area contributed by atoms with Crippen molar-refractivity contribution in [2.24, 2.45) is 5.92 Å². The Balaban J connectivity index is 2.45. The van der Waals surface area contributed by atoms with Gasteiger partial charge in [-0.2, -0.15) is 0 Å². The van der Waals surface area contributed by atoms with Crippen LogP contribution in [0.2, 0.25) is 0 Å². The molecule has 2 unspecified atom stereocenters. The van der Waals surface area contributed by atoms with Crippen LogP contribution in [0, 0.1) is 5.92 Å². The molecule has 72 valence electrons. The lowest BCUT2D eigenvalue weighted by atomic mass is 9.86. The SMILES string of the molecule is CCC1C(CCO)CCCN1C. The number of nitrogens with zero attached hydrogens (tertiary/aromatic N) is 1. The molecule has 1 fully saturated rings. The zero-order chi connectivity index (χ0) is 8.97. The lowest BCUT2D eigenvalue weighted by Crippen LogP contribution is -2.42. The normalized spacial score (nSPS) is 32.2. The lowest BCUT2D eigenvalue weighted by molar-refractivity contribution is 0.0963. The van der Waals surface area contributed by atoms with Gasteiger partial charge in [-0.25, -0.2) is 0 Å². The molecule has 0 aromatic rings. The van der Waals surface area contributed by atoms with Crippen LogP contribution in [0.3, 0.4) is 0 Å². The van der Waals surface area contributed by atoms with Crippen LogP contribution in [-0.2, 0) is 0 Å². The predicted octanol–water partition coefficient (Wildman–Crippen LogP) is 1.49. The number of aliphatic hydroxyl groups is 1. The lowest BCUT2D eigenvalue weighted by Gasteiger charge is -2.38. The third kappa shape index (κ3) is 2.20. The monoisotopic (exact) mass is 171 g/mol. The first-order chi connectivity index (χ1) is 5.79. The van der Waals surface area contributed by atoms with Crippen molar-refractivity contribution >= 4 is 0 Å². The molecule has 1 aliphatic heterocycles. The van der Waals surface area contributed by atoms with Gasteiger partial charge in [0.25, 0.3) is 0 Å². The second-order valence-corrected chi connectivity index (χ2v) is 3.87. The van der Waals surface area contributed by atoms with Crippen molar-refractivity contribution in [1.29, 1.82) is 0 Å². The van der Waals surface area contributed by atoms with Gasteiger partial charge in [0.1, 0.15) is 0 Å². The number of likely N-dealkylation sites (tertiary alicyclic amines) is 1. The smallest absolute Gasteiger partial charge is 0.0434 e. The van der Waals surface area contributed by atoms with E-state index in [1.165, 1.54) is 25.8 Å². The van der Waals surface area contributed by atoms with E-state index in [-0.39, 0.29) is 0 Å². The van der Waals surface area contributed by atoms with Crippen molar-refractivity contribution in [2.75, 3.05) is 20.2 Å². The van der Waals surface area contributed by atoms with Crippen molar-refractivity contribution < 1.29 is 5.11 Å². The fraction of sp³-hybridized carbons (Fsp3) is 1.00. The van der Waals surface area contributed by atoms with E-state index in [1.807, 2.05) is 0 Å². The Morgan fingerprint density at radius 2 is 2.25 bits per heavy atom. The van der Waals surface area contributed by atoms with Crippen LogP contribution in [0.25, 0.3) is 0 Å². The molecule has 2 nitrogen and oxygen atoms in total. The average molecular weight is 171 g/mol. The van der Waals surface area contributed by atoms with E-state index in [1.54, 1.807) is 0 Å². The molecule has 0 aromatic heterocycles. The maximum atomic E-state index is 8.90. The zero-order valence-electron chi connectivity index (χ0n) is 8.29. The van der Waals surface area contributed by atoms with Gasteiger partial charge in [0, 0.05) is 12.6 Å². The van der Waals surface area contributed by atoms with Crippen molar-refractivity contribution in [3.8, 4) is 0 Å². The quantitative estimate of drug-likeness (QED) is 0.695. The van der Waals surface area contributed by atoms with Gasteiger partial charge in [-0.1, -0.05) is 6.92 Å². The first-order valence-electron chi connectivity index (χ1n) is 5.10. The van der Waals surface area contributed by atoms with Gasteiger partial charge < -0.3 is 10.0 Å². The molecule has 1 aliphatic rings. The molecule has 1 N–H and O–H groups in total. The highest BCUT2D eigenvalue weighted by Gasteiger charge is 2.26. The summed E-state index contributed by atoms with van der Waals surface area (Å²) in [6.07, 6.45) is 4.82. The Morgan fingerprint density at radius 1 is 1.50 bits per heavy atom. The molecule has 0 bridgehead atoms. The average Bonchev–Trinajstić information content (AvgIpc) is 2.05. The highest BCUT2D eigenvalue weighted by Crippen LogP contribution is 2.26. The highest BCUT2D eigenvalue weighted by molar-refractivity contribution is 4.81. The molecule has 1 saturated heterocycles. The van der Waals surface area contributed by atoms with Gasteiger partial charge in [0.15, 0.2) is 0 Å². The van der Waals surface area contributed by atoms with E-state index in [0.29, 0.717) is 12.6 Å². The van der Waals surface area contributed by atoms with Gasteiger partial charge in [-0.05, 0) is 45.2 Å². The molecule has 0 spiro atoms. The largest absolute Gasteiger partial charge is 0.396 e. The number of hydrogen-bond acceptors (Lipinski definition) is 2. The minimum atomic E-state index is 0.356. The van der Waals surface area contributed by atoms with Crippen LogP contribution in [0.15, 0.2) is 0 Å². The molecule has 2 heteroatoms. The van der Waals surface area contributed by atoms with Crippen molar-refractivity contribution in [3.05, 3.63) is 0 Å². The Hall–Kier alpha value is -0.0800. The molecule has 1 heterocycles. The molecule has 2 atom stereocenters. The van der Waals surface area contributed by atoms with Crippen LogP contribution >= 0.6 is 0 Å². The minimum Gasteiger partial charge on any atom is -0.396 e. The fourth-order valence-corrected chi connectivity index (χ4v) is 2.47. The first kappa shape index (κ1) is 10.0. The molecule has 0 aromatic carbocycles. The summed E-state index contributed by atoms with van der Waals surface area (Å²) >= 11 is 0. The Bertz CT molecular complexity index is 125. The molecule has 0 aliphatic carbocycles. The number of rotatable bonds is 3. The van der Waals surface area contributed by atoms with Crippen LogP contribution in [0.4, 0.5) is 0 Å². The van der Waals surface area contributed by atoms with E-state index in [4.69, 9.17) is 5.11 Å². The first-order valence-corrected chi connectivity index (χ1v) is 5.10. The molecule has 12 heavy (non-hydrogen) atoms. The van der Waals surface area contributed by atoms with E-state index in [9.17, 15) is 0 Å². The molecular formula is C10H21NO. The Morgan fingerprint density at radius 3 is 2.83 bits per heavy atom. The van der Waals surface area contributed by atoms with E-state index >= 15 is 0 Å². The fourth-order valence-electron chi connectivity index (χ4n) is 2.47. The summed E-state index contributed by atoms with van der Waals surface area (Å²) in [5.41, 5.74) is 0. The van der Waals surface area contributed by atoms with E-state index in [2.05, 4.69) is 18.9 Å². The topological polar surface area (TPSA) is 23.5 Å². The van der Waals surface area contributed by atoms with Crippen LogP contribution in [-0.4, -0.2) is 36.2 Å². The van der Waals surface area contributed by atoms with Crippen molar-refractivity contribution in [3.63, 3.8) is 0 Å². The Labute approximate surface area is 75.6 Å². The third-order valence-corrected chi connectivity index (χ3v) is 3.11. The summed E-state index contributed by atoms with van der Waals surface area (Å²) < 4.78 is 0. The maximum Gasteiger partial charge on any atom is 0.0434 e. The minimum absolute atomic E-state index is 0.356. The summed E-state index contributed by atoms with van der Waals surface area (Å²) in [4.78, 5) is 2.45. The van der Waals surface area contributed by atoms with Gasteiger partial charge in [0.05, 0.1) is 0 Å². The van der Waals surface area contributed by atoms with Gasteiger partial charge in [-0.15, -0.1) is 0 Å². The number of aliphatic hydroxyl groups excluding tert-OH is 1.